The Kier molecular flexibility index (Phi) is 4.19. The Labute approximate surface area is 105 Å². The van der Waals surface area contributed by atoms with Crippen LogP contribution < -0.4 is 0 Å². The van der Waals surface area contributed by atoms with E-state index in [0.717, 1.165) is 5.56 Å². The lowest BCUT2D eigenvalue weighted by molar-refractivity contribution is 0.563. The van der Waals surface area contributed by atoms with Gasteiger partial charge in [-0.1, -0.05) is 29.3 Å². The molecule has 0 spiro atoms. The minimum atomic E-state index is -0.691. The maximum Gasteiger partial charge on any atom is 0.0804 e. The number of hydrogen-bond donors (Lipinski definition) is 0. The van der Waals surface area contributed by atoms with E-state index in [1.807, 2.05) is 6.07 Å². The lowest BCUT2D eigenvalue weighted by atomic mass is 9.80. The van der Waals surface area contributed by atoms with Crippen molar-refractivity contribution in [1.82, 2.24) is 0 Å². The molecule has 82 valence electrons. The van der Waals surface area contributed by atoms with E-state index in [0.29, 0.717) is 22.9 Å². The molecule has 0 radical (unpaired) electrons. The van der Waals surface area contributed by atoms with Gasteiger partial charge < -0.3 is 0 Å². The highest BCUT2D eigenvalue weighted by atomic mass is 35.5. The second-order valence-electron chi connectivity index (χ2n) is 3.73. The number of nitriles is 2. The third kappa shape index (κ3) is 2.67. The lowest BCUT2D eigenvalue weighted by Gasteiger charge is -2.21. The second kappa shape index (κ2) is 5.21. The van der Waals surface area contributed by atoms with Crippen LogP contribution in [0.25, 0.3) is 0 Å². The molecule has 1 unspecified atom stereocenters. The maximum atomic E-state index is 9.19. The van der Waals surface area contributed by atoms with Crippen molar-refractivity contribution >= 4 is 23.2 Å². The molecule has 0 fully saturated rings. The number of halogens is 2. The van der Waals surface area contributed by atoms with Crippen LogP contribution in [0.2, 0.25) is 10.0 Å². The molecule has 2 nitrogen and oxygen atoms in total. The van der Waals surface area contributed by atoms with Gasteiger partial charge in [0.25, 0.3) is 0 Å². The van der Waals surface area contributed by atoms with Gasteiger partial charge in [0.05, 0.1) is 27.6 Å². The number of nitrogens with zero attached hydrogens (tertiary/aromatic N) is 2. The van der Waals surface area contributed by atoms with E-state index in [2.05, 4.69) is 6.07 Å². The van der Waals surface area contributed by atoms with E-state index in [9.17, 15) is 5.26 Å². The largest absolute Gasteiger partial charge is 0.198 e. The Morgan fingerprint density at radius 2 is 1.94 bits per heavy atom. The normalized spacial score (nSPS) is 13.6. The quantitative estimate of drug-likeness (QED) is 0.814. The summed E-state index contributed by atoms with van der Waals surface area (Å²) in [6, 6.07) is 9.39. The van der Waals surface area contributed by atoms with Crippen molar-refractivity contribution in [3.63, 3.8) is 0 Å². The first-order valence-electron chi connectivity index (χ1n) is 4.77. The van der Waals surface area contributed by atoms with Crippen LogP contribution in [0.5, 0.6) is 0 Å². The predicted molar refractivity (Wildman–Crippen MR) is 64.3 cm³/mol. The van der Waals surface area contributed by atoms with Crippen molar-refractivity contribution in [1.29, 1.82) is 10.5 Å². The monoisotopic (exact) mass is 252 g/mol. The number of rotatable bonds is 3. The van der Waals surface area contributed by atoms with Crippen LogP contribution in [-0.4, -0.2) is 0 Å². The Morgan fingerprint density at radius 3 is 2.44 bits per heavy atom. The molecule has 0 bridgehead atoms. The summed E-state index contributed by atoms with van der Waals surface area (Å²) < 4.78 is 0. The number of benzene rings is 1. The zero-order valence-electron chi connectivity index (χ0n) is 8.80. The van der Waals surface area contributed by atoms with Gasteiger partial charge in [0.15, 0.2) is 0 Å². The molecule has 1 aromatic rings. The second-order valence-corrected chi connectivity index (χ2v) is 4.55. The van der Waals surface area contributed by atoms with Gasteiger partial charge >= 0.3 is 0 Å². The highest BCUT2D eigenvalue weighted by molar-refractivity contribution is 6.42. The van der Waals surface area contributed by atoms with Gasteiger partial charge in [0, 0.05) is 6.42 Å². The molecule has 4 heteroatoms. The minimum Gasteiger partial charge on any atom is -0.198 e. The van der Waals surface area contributed by atoms with Crippen molar-refractivity contribution in [2.45, 2.75) is 25.2 Å². The van der Waals surface area contributed by atoms with Gasteiger partial charge in [-0.3, -0.25) is 0 Å². The van der Waals surface area contributed by atoms with Gasteiger partial charge in [-0.15, -0.1) is 0 Å². The molecule has 0 aliphatic carbocycles. The van der Waals surface area contributed by atoms with E-state index >= 15 is 0 Å². The van der Waals surface area contributed by atoms with E-state index in [1.54, 1.807) is 25.1 Å². The molecular formula is C12H10Cl2N2. The summed E-state index contributed by atoms with van der Waals surface area (Å²) in [6.45, 7) is 1.80. The fourth-order valence-electron chi connectivity index (χ4n) is 1.41. The molecule has 0 amide bonds. The number of hydrogen-bond acceptors (Lipinski definition) is 2. The summed E-state index contributed by atoms with van der Waals surface area (Å²) in [7, 11) is 0. The van der Waals surface area contributed by atoms with E-state index in [-0.39, 0.29) is 0 Å². The summed E-state index contributed by atoms with van der Waals surface area (Å²) in [4.78, 5) is 0. The molecule has 0 aromatic heterocycles. The molecular weight excluding hydrogens is 243 g/mol. The SMILES string of the molecule is CC(C#N)(CCC#N)c1ccc(Cl)c(Cl)c1. The molecule has 1 aromatic carbocycles. The molecule has 1 rings (SSSR count). The van der Waals surface area contributed by atoms with Crippen LogP contribution in [0.15, 0.2) is 18.2 Å². The minimum absolute atomic E-state index is 0.338. The van der Waals surface area contributed by atoms with Crippen molar-refractivity contribution in [2.75, 3.05) is 0 Å². The van der Waals surface area contributed by atoms with Crippen molar-refractivity contribution in [3.8, 4) is 12.1 Å². The highest BCUT2D eigenvalue weighted by Crippen LogP contribution is 2.32. The fraction of sp³-hybridized carbons (Fsp3) is 0.333. The summed E-state index contributed by atoms with van der Waals surface area (Å²) >= 11 is 11.7. The smallest absolute Gasteiger partial charge is 0.0804 e. The first kappa shape index (κ1) is 12.8. The van der Waals surface area contributed by atoms with Crippen LogP contribution in [0.1, 0.15) is 25.3 Å². The summed E-state index contributed by atoms with van der Waals surface area (Å²) in [5.41, 5.74) is 0.101. The van der Waals surface area contributed by atoms with Gasteiger partial charge in [-0.25, -0.2) is 0 Å². The van der Waals surface area contributed by atoms with Crippen LogP contribution >= 0.6 is 23.2 Å². The Morgan fingerprint density at radius 1 is 1.25 bits per heavy atom. The van der Waals surface area contributed by atoms with Gasteiger partial charge in [-0.05, 0) is 31.0 Å². The molecule has 0 N–H and O–H groups in total. The standard InChI is InChI=1S/C12H10Cl2N2/c1-12(8-16,5-2-6-15)9-3-4-10(13)11(14)7-9/h3-4,7H,2,5H2,1H3. The Balaban J connectivity index is 3.10. The zero-order chi connectivity index (χ0) is 12.2. The van der Waals surface area contributed by atoms with E-state index in [1.165, 1.54) is 0 Å². The predicted octanol–water partition coefficient (Wildman–Crippen LogP) is 4.08. The van der Waals surface area contributed by atoms with Crippen LogP contribution in [-0.2, 0) is 5.41 Å². The van der Waals surface area contributed by atoms with Gasteiger partial charge in [0.2, 0.25) is 0 Å². The van der Waals surface area contributed by atoms with Crippen LogP contribution in [0.3, 0.4) is 0 Å². The molecule has 0 saturated heterocycles. The summed E-state index contributed by atoms with van der Waals surface area (Å²) in [5.74, 6) is 0. The lowest BCUT2D eigenvalue weighted by Crippen LogP contribution is -2.19. The van der Waals surface area contributed by atoms with Crippen molar-refractivity contribution in [2.24, 2.45) is 0 Å². The highest BCUT2D eigenvalue weighted by Gasteiger charge is 2.26. The molecule has 0 saturated carbocycles. The topological polar surface area (TPSA) is 47.6 Å². The average Bonchev–Trinajstić information content (AvgIpc) is 2.29. The van der Waals surface area contributed by atoms with E-state index < -0.39 is 5.41 Å². The Bertz CT molecular complexity index is 471. The molecule has 1 atom stereocenters. The molecule has 0 aliphatic rings. The summed E-state index contributed by atoms with van der Waals surface area (Å²) in [6.07, 6.45) is 0.822. The van der Waals surface area contributed by atoms with E-state index in [4.69, 9.17) is 28.5 Å². The van der Waals surface area contributed by atoms with Gasteiger partial charge in [-0.2, -0.15) is 10.5 Å². The van der Waals surface area contributed by atoms with Gasteiger partial charge in [0.1, 0.15) is 0 Å². The molecule has 0 heterocycles. The first-order valence-corrected chi connectivity index (χ1v) is 5.53. The van der Waals surface area contributed by atoms with Crippen molar-refractivity contribution in [3.05, 3.63) is 33.8 Å². The zero-order valence-corrected chi connectivity index (χ0v) is 10.3. The Hall–Kier alpha value is -1.22. The maximum absolute atomic E-state index is 9.19. The van der Waals surface area contributed by atoms with Crippen LogP contribution in [0, 0.1) is 22.7 Å². The third-order valence-corrected chi connectivity index (χ3v) is 3.28. The fourth-order valence-corrected chi connectivity index (χ4v) is 1.71. The van der Waals surface area contributed by atoms with Crippen LogP contribution in [0.4, 0.5) is 0 Å². The average molecular weight is 253 g/mol. The third-order valence-electron chi connectivity index (χ3n) is 2.54. The first-order chi connectivity index (χ1) is 7.53. The van der Waals surface area contributed by atoms with Crippen molar-refractivity contribution < 1.29 is 0 Å². The summed E-state index contributed by atoms with van der Waals surface area (Å²) in [5, 5.41) is 18.6. The molecule has 16 heavy (non-hydrogen) atoms. The molecule has 0 aliphatic heterocycles.